The first-order valence-corrected chi connectivity index (χ1v) is 7.71. The minimum atomic E-state index is -4.23. The van der Waals surface area contributed by atoms with Crippen molar-refractivity contribution in [3.05, 3.63) is 41.2 Å². The summed E-state index contributed by atoms with van der Waals surface area (Å²) in [7, 11) is -2.12. The lowest BCUT2D eigenvalue weighted by Gasteiger charge is -2.07. The molecule has 0 unspecified atom stereocenters. The monoisotopic (exact) mass is 339 g/mol. The number of hydrogen-bond acceptors (Lipinski definition) is 8. The first-order valence-electron chi connectivity index (χ1n) is 6.27. The van der Waals surface area contributed by atoms with Gasteiger partial charge in [0.25, 0.3) is 10.0 Å². The van der Waals surface area contributed by atoms with E-state index in [-0.39, 0.29) is 4.90 Å². The van der Waals surface area contributed by atoms with Crippen molar-refractivity contribution in [1.29, 1.82) is 0 Å². The van der Waals surface area contributed by atoms with Crippen LogP contribution in [0.3, 0.4) is 0 Å². The number of ether oxygens (including phenoxy) is 2. The summed E-state index contributed by atoms with van der Waals surface area (Å²) in [5.41, 5.74) is -0.319. The van der Waals surface area contributed by atoms with Gasteiger partial charge in [0.2, 0.25) is 5.69 Å². The van der Waals surface area contributed by atoms with Crippen LogP contribution in [0.2, 0.25) is 0 Å². The van der Waals surface area contributed by atoms with Crippen molar-refractivity contribution in [1.82, 2.24) is 14.4 Å². The Morgan fingerprint density at radius 3 is 2.13 bits per heavy atom. The quantitative estimate of drug-likeness (QED) is 0.735. The van der Waals surface area contributed by atoms with E-state index in [0.29, 0.717) is 4.09 Å². The van der Waals surface area contributed by atoms with Gasteiger partial charge < -0.3 is 9.47 Å². The normalized spacial score (nSPS) is 11.1. The standard InChI is InChI=1S/C13H13N3O6S/c1-8-4-6-9(7-5-8)23(19,20)16-11(13(18)22-3)10(14-15-16)12(17)21-2/h4-7H,1-3H3. The number of nitrogens with zero attached hydrogens (tertiary/aromatic N) is 3. The van der Waals surface area contributed by atoms with Crippen LogP contribution in [0.15, 0.2) is 29.2 Å². The van der Waals surface area contributed by atoms with Crippen molar-refractivity contribution in [2.24, 2.45) is 0 Å². The van der Waals surface area contributed by atoms with E-state index in [2.05, 4.69) is 19.8 Å². The predicted octanol–water partition coefficient (Wildman–Crippen LogP) is 0.397. The molecule has 0 aliphatic heterocycles. The second-order valence-corrected chi connectivity index (χ2v) is 6.20. The highest BCUT2D eigenvalue weighted by Gasteiger charge is 2.33. The zero-order chi connectivity index (χ0) is 17.2. The molecule has 0 aliphatic carbocycles. The molecular weight excluding hydrogens is 326 g/mol. The number of aryl methyl sites for hydroxylation is 1. The Bertz CT molecular complexity index is 854. The second-order valence-electron chi connectivity index (χ2n) is 4.43. The molecule has 10 heteroatoms. The number of methoxy groups -OCH3 is 2. The van der Waals surface area contributed by atoms with Crippen molar-refractivity contribution >= 4 is 22.0 Å². The van der Waals surface area contributed by atoms with Gasteiger partial charge >= 0.3 is 11.9 Å². The van der Waals surface area contributed by atoms with Crippen molar-refractivity contribution in [3.8, 4) is 0 Å². The molecule has 122 valence electrons. The molecule has 23 heavy (non-hydrogen) atoms. The van der Waals surface area contributed by atoms with Crippen molar-refractivity contribution < 1.29 is 27.5 Å². The molecule has 0 radical (unpaired) electrons. The third kappa shape index (κ3) is 2.93. The minimum absolute atomic E-state index is 0.116. The molecule has 0 amide bonds. The summed E-state index contributed by atoms with van der Waals surface area (Å²) in [6, 6.07) is 5.88. The predicted molar refractivity (Wildman–Crippen MR) is 76.5 cm³/mol. The Labute approximate surface area is 131 Å². The highest BCUT2D eigenvalue weighted by molar-refractivity contribution is 7.89. The van der Waals surface area contributed by atoms with Gasteiger partial charge in [0.1, 0.15) is 0 Å². The average Bonchev–Trinajstić information content (AvgIpc) is 2.99. The molecule has 0 fully saturated rings. The molecular formula is C13H13N3O6S. The highest BCUT2D eigenvalue weighted by atomic mass is 32.2. The van der Waals surface area contributed by atoms with Gasteiger partial charge in [-0.1, -0.05) is 22.9 Å². The number of carbonyl (C=O) groups excluding carboxylic acids is 2. The van der Waals surface area contributed by atoms with E-state index in [4.69, 9.17) is 0 Å². The average molecular weight is 339 g/mol. The van der Waals surface area contributed by atoms with Crippen molar-refractivity contribution in [2.75, 3.05) is 14.2 Å². The highest BCUT2D eigenvalue weighted by Crippen LogP contribution is 2.18. The summed E-state index contributed by atoms with van der Waals surface area (Å²) >= 11 is 0. The third-order valence-electron chi connectivity index (χ3n) is 2.95. The van der Waals surface area contributed by atoms with Gasteiger partial charge in [-0.3, -0.25) is 0 Å². The van der Waals surface area contributed by atoms with E-state index in [1.54, 1.807) is 19.1 Å². The summed E-state index contributed by atoms with van der Waals surface area (Å²) < 4.78 is 34.5. The maximum Gasteiger partial charge on any atom is 0.361 e. The summed E-state index contributed by atoms with van der Waals surface area (Å²) in [5, 5.41) is 6.83. The van der Waals surface area contributed by atoms with Gasteiger partial charge in [-0.05, 0) is 19.1 Å². The number of rotatable bonds is 4. The fourth-order valence-electron chi connectivity index (χ4n) is 1.75. The number of carbonyl (C=O) groups is 2. The molecule has 2 rings (SSSR count). The zero-order valence-corrected chi connectivity index (χ0v) is 13.3. The van der Waals surface area contributed by atoms with Gasteiger partial charge in [-0.2, -0.15) is 8.42 Å². The van der Waals surface area contributed by atoms with Crippen LogP contribution in [0, 0.1) is 6.92 Å². The smallest absolute Gasteiger partial charge is 0.361 e. The summed E-state index contributed by atoms with van der Waals surface area (Å²) in [5.74, 6) is -2.08. The number of benzene rings is 1. The van der Waals surface area contributed by atoms with Gasteiger partial charge in [0, 0.05) is 0 Å². The zero-order valence-electron chi connectivity index (χ0n) is 12.5. The summed E-state index contributed by atoms with van der Waals surface area (Å²) in [4.78, 5) is 23.4. The molecule has 0 spiro atoms. The Balaban J connectivity index is 2.67. The van der Waals surface area contributed by atoms with Gasteiger partial charge in [0.05, 0.1) is 19.1 Å². The van der Waals surface area contributed by atoms with Crippen molar-refractivity contribution in [2.45, 2.75) is 11.8 Å². The lowest BCUT2D eigenvalue weighted by atomic mass is 10.2. The molecule has 0 N–H and O–H groups in total. The van der Waals surface area contributed by atoms with E-state index < -0.39 is 33.3 Å². The third-order valence-corrected chi connectivity index (χ3v) is 4.52. The SMILES string of the molecule is COC(=O)c1nnn(S(=O)(=O)c2ccc(C)cc2)c1C(=O)OC. The first-order chi connectivity index (χ1) is 10.8. The largest absolute Gasteiger partial charge is 0.464 e. The molecule has 0 saturated heterocycles. The second kappa shape index (κ2) is 6.16. The molecule has 0 bridgehead atoms. The van der Waals surface area contributed by atoms with Crippen LogP contribution >= 0.6 is 0 Å². The van der Waals surface area contributed by atoms with Gasteiger partial charge in [-0.15, -0.1) is 9.19 Å². The minimum Gasteiger partial charge on any atom is -0.464 e. The molecule has 9 nitrogen and oxygen atoms in total. The molecule has 1 heterocycles. The maximum absolute atomic E-state index is 12.6. The van der Waals surface area contributed by atoms with E-state index in [1.807, 2.05) is 0 Å². The van der Waals surface area contributed by atoms with Crippen LogP contribution in [-0.2, 0) is 19.5 Å². The Morgan fingerprint density at radius 1 is 1.04 bits per heavy atom. The fraction of sp³-hybridized carbons (Fsp3) is 0.231. The maximum atomic E-state index is 12.6. The fourth-order valence-corrected chi connectivity index (χ4v) is 2.97. The summed E-state index contributed by atoms with van der Waals surface area (Å²) in [6.07, 6.45) is 0. The van der Waals surface area contributed by atoms with Crippen LogP contribution in [-0.4, -0.2) is 49.0 Å². The van der Waals surface area contributed by atoms with E-state index in [1.165, 1.54) is 12.1 Å². The molecule has 0 aliphatic rings. The topological polar surface area (TPSA) is 117 Å². The van der Waals surface area contributed by atoms with Gasteiger partial charge in [0.15, 0.2) is 5.69 Å². The van der Waals surface area contributed by atoms with Crippen LogP contribution in [0.1, 0.15) is 26.5 Å². The molecule has 1 aromatic heterocycles. The van der Waals surface area contributed by atoms with Crippen LogP contribution in [0.25, 0.3) is 0 Å². The Kier molecular flexibility index (Phi) is 4.45. The van der Waals surface area contributed by atoms with Gasteiger partial charge in [-0.25, -0.2) is 9.59 Å². The van der Waals surface area contributed by atoms with E-state index in [9.17, 15) is 18.0 Å². The molecule has 1 aromatic carbocycles. The molecule has 2 aromatic rings. The molecule has 0 saturated carbocycles. The summed E-state index contributed by atoms with van der Waals surface area (Å²) in [6.45, 7) is 1.79. The molecule has 0 atom stereocenters. The number of hydrogen-bond donors (Lipinski definition) is 0. The van der Waals surface area contributed by atoms with E-state index >= 15 is 0 Å². The van der Waals surface area contributed by atoms with E-state index in [0.717, 1.165) is 19.8 Å². The van der Waals surface area contributed by atoms with Crippen molar-refractivity contribution in [3.63, 3.8) is 0 Å². The number of esters is 2. The number of aromatic nitrogens is 3. The Morgan fingerprint density at radius 2 is 1.61 bits per heavy atom. The Hall–Kier alpha value is -2.75. The van der Waals surface area contributed by atoms with Crippen LogP contribution in [0.5, 0.6) is 0 Å². The first kappa shape index (κ1) is 16.6. The lowest BCUT2D eigenvalue weighted by molar-refractivity contribution is 0.0547. The lowest BCUT2D eigenvalue weighted by Crippen LogP contribution is -2.22. The van der Waals surface area contributed by atoms with Crippen LogP contribution in [0.4, 0.5) is 0 Å². The van der Waals surface area contributed by atoms with Crippen LogP contribution < -0.4 is 0 Å².